The van der Waals surface area contributed by atoms with Crippen LogP contribution >= 0.6 is 0 Å². The maximum Gasteiger partial charge on any atom is 0.274 e. The molecular formula is C19H30N4O3. The van der Waals surface area contributed by atoms with Crippen LogP contribution in [0.4, 0.5) is 0 Å². The van der Waals surface area contributed by atoms with E-state index in [0.29, 0.717) is 25.2 Å². The zero-order chi connectivity index (χ0) is 18.8. The van der Waals surface area contributed by atoms with E-state index in [2.05, 4.69) is 23.8 Å². The summed E-state index contributed by atoms with van der Waals surface area (Å²) in [6.45, 7) is 7.25. The normalized spacial score (nSPS) is 16.5. The van der Waals surface area contributed by atoms with Gasteiger partial charge in [-0.2, -0.15) is 0 Å². The summed E-state index contributed by atoms with van der Waals surface area (Å²) >= 11 is 0. The van der Waals surface area contributed by atoms with Gasteiger partial charge in [0.15, 0.2) is 0 Å². The second-order valence-electron chi connectivity index (χ2n) is 6.61. The predicted octanol–water partition coefficient (Wildman–Crippen LogP) is 2.14. The summed E-state index contributed by atoms with van der Waals surface area (Å²) in [7, 11) is 0. The number of hydrogen-bond donors (Lipinski definition) is 0. The van der Waals surface area contributed by atoms with Gasteiger partial charge in [0.05, 0.1) is 12.3 Å². The van der Waals surface area contributed by atoms with E-state index in [0.717, 1.165) is 45.4 Å². The first kappa shape index (κ1) is 20.3. The molecule has 0 aliphatic carbocycles. The number of carbonyl (C=O) groups is 2. The van der Waals surface area contributed by atoms with Crippen molar-refractivity contribution in [3.63, 3.8) is 0 Å². The molecule has 1 atom stereocenters. The molecule has 1 aromatic rings. The molecule has 0 bridgehead atoms. The minimum atomic E-state index is -0.195. The largest absolute Gasteiger partial charge is 0.376 e. The molecule has 7 nitrogen and oxygen atoms in total. The van der Waals surface area contributed by atoms with Gasteiger partial charge in [0.2, 0.25) is 5.91 Å². The third-order valence-corrected chi connectivity index (χ3v) is 4.45. The number of hydrogen-bond acceptors (Lipinski definition) is 5. The predicted molar refractivity (Wildman–Crippen MR) is 98.7 cm³/mol. The monoisotopic (exact) mass is 362 g/mol. The van der Waals surface area contributed by atoms with Crippen molar-refractivity contribution in [3.8, 4) is 0 Å². The van der Waals surface area contributed by atoms with Gasteiger partial charge < -0.3 is 14.5 Å². The van der Waals surface area contributed by atoms with Crippen molar-refractivity contribution in [1.29, 1.82) is 0 Å². The van der Waals surface area contributed by atoms with Crippen LogP contribution in [0.5, 0.6) is 0 Å². The van der Waals surface area contributed by atoms with E-state index in [-0.39, 0.29) is 17.9 Å². The summed E-state index contributed by atoms with van der Waals surface area (Å²) in [5.74, 6) is -0.100. The van der Waals surface area contributed by atoms with Crippen molar-refractivity contribution < 1.29 is 14.3 Å². The van der Waals surface area contributed by atoms with Crippen LogP contribution in [0.1, 0.15) is 56.4 Å². The molecule has 26 heavy (non-hydrogen) atoms. The lowest BCUT2D eigenvalue weighted by molar-refractivity contribution is -0.131. The number of amides is 2. The second kappa shape index (κ2) is 10.9. The Morgan fingerprint density at radius 2 is 1.92 bits per heavy atom. The SMILES string of the molecule is CCCN(CCC)C(=O)CCN(C[C@H]1CCCO1)C(=O)c1cnccn1. The first-order chi connectivity index (χ1) is 12.7. The van der Waals surface area contributed by atoms with Crippen molar-refractivity contribution >= 4 is 11.8 Å². The Hall–Kier alpha value is -2.02. The third-order valence-electron chi connectivity index (χ3n) is 4.45. The highest BCUT2D eigenvalue weighted by atomic mass is 16.5. The first-order valence-electron chi connectivity index (χ1n) is 9.60. The molecule has 2 heterocycles. The highest BCUT2D eigenvalue weighted by Gasteiger charge is 2.25. The Morgan fingerprint density at radius 1 is 1.15 bits per heavy atom. The van der Waals surface area contributed by atoms with Crippen LogP contribution in [0.3, 0.4) is 0 Å². The molecule has 7 heteroatoms. The van der Waals surface area contributed by atoms with Crippen LogP contribution in [0, 0.1) is 0 Å². The maximum atomic E-state index is 12.8. The Kier molecular flexibility index (Phi) is 8.47. The molecule has 0 N–H and O–H groups in total. The van der Waals surface area contributed by atoms with Gasteiger partial charge >= 0.3 is 0 Å². The van der Waals surface area contributed by atoms with Crippen molar-refractivity contribution in [2.24, 2.45) is 0 Å². The van der Waals surface area contributed by atoms with Crippen molar-refractivity contribution in [2.75, 3.05) is 32.8 Å². The van der Waals surface area contributed by atoms with Gasteiger partial charge in [-0.1, -0.05) is 13.8 Å². The van der Waals surface area contributed by atoms with Crippen molar-refractivity contribution in [3.05, 3.63) is 24.3 Å². The van der Waals surface area contributed by atoms with E-state index in [1.165, 1.54) is 18.6 Å². The molecule has 0 unspecified atom stereocenters. The van der Waals surface area contributed by atoms with Crippen LogP contribution in [0.25, 0.3) is 0 Å². The van der Waals surface area contributed by atoms with Crippen LogP contribution < -0.4 is 0 Å². The van der Waals surface area contributed by atoms with Gasteiger partial charge in [-0.05, 0) is 25.7 Å². The molecular weight excluding hydrogens is 332 g/mol. The fraction of sp³-hybridized carbons (Fsp3) is 0.684. The Bertz CT molecular complexity index is 555. The summed E-state index contributed by atoms with van der Waals surface area (Å²) < 4.78 is 5.68. The van der Waals surface area contributed by atoms with E-state index in [1.807, 2.05) is 4.90 Å². The van der Waals surface area contributed by atoms with E-state index >= 15 is 0 Å². The van der Waals surface area contributed by atoms with E-state index in [4.69, 9.17) is 4.74 Å². The lowest BCUT2D eigenvalue weighted by atomic mass is 10.2. The maximum absolute atomic E-state index is 12.8. The topological polar surface area (TPSA) is 75.6 Å². The summed E-state index contributed by atoms with van der Waals surface area (Å²) in [4.78, 5) is 37.0. The lowest BCUT2D eigenvalue weighted by Crippen LogP contribution is -2.41. The van der Waals surface area contributed by atoms with Crippen LogP contribution in [0.15, 0.2) is 18.6 Å². The van der Waals surface area contributed by atoms with Crippen molar-refractivity contribution in [1.82, 2.24) is 19.8 Å². The highest BCUT2D eigenvalue weighted by molar-refractivity contribution is 5.92. The summed E-state index contributed by atoms with van der Waals surface area (Å²) in [6.07, 6.45) is 8.69. The van der Waals surface area contributed by atoms with Gasteiger partial charge in [0.1, 0.15) is 5.69 Å². The van der Waals surface area contributed by atoms with Gasteiger partial charge in [-0.3, -0.25) is 14.6 Å². The van der Waals surface area contributed by atoms with Crippen LogP contribution in [-0.2, 0) is 9.53 Å². The highest BCUT2D eigenvalue weighted by Crippen LogP contribution is 2.15. The van der Waals surface area contributed by atoms with Crippen molar-refractivity contribution in [2.45, 2.75) is 52.1 Å². The number of rotatable bonds is 10. The summed E-state index contributed by atoms with van der Waals surface area (Å²) in [5, 5.41) is 0. The standard InChI is InChI=1S/C19H30N4O3/c1-3-10-22(11-4-2)18(24)7-12-23(15-16-6-5-13-26-16)19(25)17-14-20-8-9-21-17/h8-9,14,16H,3-7,10-13,15H2,1-2H3/t16-/m1/s1. The molecule has 0 aromatic carbocycles. The number of ether oxygens (including phenoxy) is 1. The fourth-order valence-electron chi connectivity index (χ4n) is 3.17. The molecule has 0 spiro atoms. The molecule has 0 radical (unpaired) electrons. The summed E-state index contributed by atoms with van der Waals surface area (Å²) in [5.41, 5.74) is 0.303. The first-order valence-corrected chi connectivity index (χ1v) is 9.60. The molecule has 1 aliphatic rings. The average Bonchev–Trinajstić information content (AvgIpc) is 3.18. The Labute approximate surface area is 155 Å². The van der Waals surface area contributed by atoms with Gasteiger partial charge in [0, 0.05) is 51.6 Å². The zero-order valence-corrected chi connectivity index (χ0v) is 15.9. The number of carbonyl (C=O) groups excluding carboxylic acids is 2. The van der Waals surface area contributed by atoms with Crippen LogP contribution in [-0.4, -0.2) is 70.5 Å². The molecule has 144 valence electrons. The van der Waals surface area contributed by atoms with Crippen LogP contribution in [0.2, 0.25) is 0 Å². The molecule has 2 amide bonds. The summed E-state index contributed by atoms with van der Waals surface area (Å²) in [6, 6.07) is 0. The quantitative estimate of drug-likeness (QED) is 0.637. The van der Waals surface area contributed by atoms with Gasteiger partial charge in [0.25, 0.3) is 5.91 Å². The zero-order valence-electron chi connectivity index (χ0n) is 15.9. The smallest absolute Gasteiger partial charge is 0.274 e. The second-order valence-corrected chi connectivity index (χ2v) is 6.61. The van der Waals surface area contributed by atoms with E-state index < -0.39 is 0 Å². The number of aromatic nitrogens is 2. The lowest BCUT2D eigenvalue weighted by Gasteiger charge is -2.27. The minimum absolute atomic E-state index is 0.0353. The fourth-order valence-corrected chi connectivity index (χ4v) is 3.17. The average molecular weight is 362 g/mol. The number of nitrogens with zero attached hydrogens (tertiary/aromatic N) is 4. The molecule has 2 rings (SSSR count). The molecule has 1 aromatic heterocycles. The minimum Gasteiger partial charge on any atom is -0.376 e. The van der Waals surface area contributed by atoms with E-state index in [1.54, 1.807) is 4.90 Å². The molecule has 1 saturated heterocycles. The Morgan fingerprint density at radius 3 is 2.50 bits per heavy atom. The molecule has 1 aliphatic heterocycles. The Balaban J connectivity index is 2.00. The third kappa shape index (κ3) is 6.05. The van der Waals surface area contributed by atoms with Gasteiger partial charge in [-0.15, -0.1) is 0 Å². The van der Waals surface area contributed by atoms with E-state index in [9.17, 15) is 9.59 Å². The molecule has 1 fully saturated rings. The van der Waals surface area contributed by atoms with Gasteiger partial charge in [-0.25, -0.2) is 4.98 Å². The molecule has 0 saturated carbocycles.